The highest BCUT2D eigenvalue weighted by molar-refractivity contribution is 6.32. The van der Waals surface area contributed by atoms with E-state index in [0.717, 1.165) is 17.9 Å². The minimum absolute atomic E-state index is 0.0969. The van der Waals surface area contributed by atoms with Crippen molar-refractivity contribution in [2.45, 2.75) is 37.5 Å². The Morgan fingerprint density at radius 3 is 2.51 bits per heavy atom. The van der Waals surface area contributed by atoms with Crippen molar-refractivity contribution in [3.05, 3.63) is 100 Å². The third-order valence-electron chi connectivity index (χ3n) is 6.58. The number of halogens is 1. The summed E-state index contributed by atoms with van der Waals surface area (Å²) >= 11 is 6.44. The SMILES string of the molecule is C=C(O)C1CCOc2cc(Oc3ccc(C(=O)NCCc4ccc(C5CC5)cc4)cc3)c(Cl)cc21. The number of aliphatic hydroxyl groups excluding tert-OH is 1. The average molecular weight is 490 g/mol. The van der Waals surface area contributed by atoms with Gasteiger partial charge in [-0.1, -0.05) is 42.4 Å². The van der Waals surface area contributed by atoms with Crippen LogP contribution in [-0.2, 0) is 6.42 Å². The fraction of sp³-hybridized carbons (Fsp3) is 0.276. The number of amides is 1. The fourth-order valence-corrected chi connectivity index (χ4v) is 4.62. The summed E-state index contributed by atoms with van der Waals surface area (Å²) in [7, 11) is 0. The van der Waals surface area contributed by atoms with Gasteiger partial charge in [-0.05, 0) is 73.1 Å². The lowest BCUT2D eigenvalue weighted by molar-refractivity contribution is 0.0954. The highest BCUT2D eigenvalue weighted by Gasteiger charge is 2.26. The lowest BCUT2D eigenvalue weighted by Gasteiger charge is -2.26. The molecule has 1 saturated carbocycles. The van der Waals surface area contributed by atoms with E-state index in [0.29, 0.717) is 47.4 Å². The van der Waals surface area contributed by atoms with E-state index in [4.69, 9.17) is 21.1 Å². The molecule has 2 aliphatic rings. The Labute approximate surface area is 210 Å². The molecular formula is C29H28ClNO4. The molecule has 1 heterocycles. The van der Waals surface area contributed by atoms with E-state index in [1.165, 1.54) is 24.0 Å². The molecule has 1 unspecified atom stereocenters. The maximum absolute atomic E-state index is 12.5. The van der Waals surface area contributed by atoms with Gasteiger partial charge in [0.15, 0.2) is 0 Å². The van der Waals surface area contributed by atoms with Crippen LogP contribution in [0.5, 0.6) is 17.2 Å². The van der Waals surface area contributed by atoms with Crippen molar-refractivity contribution in [3.63, 3.8) is 0 Å². The highest BCUT2D eigenvalue weighted by atomic mass is 35.5. The van der Waals surface area contributed by atoms with Crippen molar-refractivity contribution in [1.82, 2.24) is 5.32 Å². The van der Waals surface area contributed by atoms with Crippen LogP contribution in [0.3, 0.4) is 0 Å². The quantitative estimate of drug-likeness (QED) is 0.337. The highest BCUT2D eigenvalue weighted by Crippen LogP contribution is 2.43. The third-order valence-corrected chi connectivity index (χ3v) is 6.87. The number of ether oxygens (including phenoxy) is 2. The summed E-state index contributed by atoms with van der Waals surface area (Å²) in [4.78, 5) is 12.5. The molecule has 0 radical (unpaired) electrons. The van der Waals surface area contributed by atoms with E-state index in [1.54, 1.807) is 36.4 Å². The molecule has 6 heteroatoms. The van der Waals surface area contributed by atoms with Gasteiger partial charge in [0.25, 0.3) is 5.91 Å². The van der Waals surface area contributed by atoms with Crippen LogP contribution in [0.15, 0.2) is 73.0 Å². The van der Waals surface area contributed by atoms with Crippen LogP contribution in [0.25, 0.3) is 0 Å². The standard InChI is InChI=1S/C29H28ClNO4/c1-18(32)24-13-15-34-27-17-28(26(30)16-25(24)27)35-23-10-8-22(9-11-23)29(33)31-14-12-19-2-4-20(5-3-19)21-6-7-21/h2-5,8-11,16-17,21,24,32H,1,6-7,12-15H2,(H,31,33). The molecular weight excluding hydrogens is 462 g/mol. The van der Waals surface area contributed by atoms with E-state index in [1.807, 2.05) is 0 Å². The van der Waals surface area contributed by atoms with Gasteiger partial charge in [-0.25, -0.2) is 0 Å². The van der Waals surface area contributed by atoms with Gasteiger partial charge >= 0.3 is 0 Å². The second kappa shape index (κ2) is 10.0. The topological polar surface area (TPSA) is 67.8 Å². The largest absolute Gasteiger partial charge is 0.512 e. The molecule has 0 spiro atoms. The molecule has 5 rings (SSSR count). The molecule has 5 nitrogen and oxygen atoms in total. The summed E-state index contributed by atoms with van der Waals surface area (Å²) in [5.74, 6) is 2.14. The number of carbonyl (C=O) groups is 1. The van der Waals surface area contributed by atoms with Gasteiger partial charge in [0, 0.05) is 29.7 Å². The van der Waals surface area contributed by atoms with Crippen LogP contribution in [0.1, 0.15) is 58.1 Å². The first kappa shape index (κ1) is 23.3. The van der Waals surface area contributed by atoms with E-state index in [9.17, 15) is 9.90 Å². The van der Waals surface area contributed by atoms with Gasteiger partial charge in [-0.15, -0.1) is 0 Å². The number of rotatable bonds is 8. The number of hydrogen-bond acceptors (Lipinski definition) is 4. The molecule has 0 aromatic heterocycles. The van der Waals surface area contributed by atoms with E-state index in [2.05, 4.69) is 36.2 Å². The molecule has 1 atom stereocenters. The summed E-state index contributed by atoms with van der Waals surface area (Å²) in [6, 6.07) is 19.1. The maximum Gasteiger partial charge on any atom is 0.251 e. The zero-order valence-electron chi connectivity index (χ0n) is 19.4. The van der Waals surface area contributed by atoms with Crippen molar-refractivity contribution >= 4 is 17.5 Å². The number of allylic oxidation sites excluding steroid dienone is 1. The lowest BCUT2D eigenvalue weighted by atomic mass is 9.92. The number of benzene rings is 3. The van der Waals surface area contributed by atoms with Crippen LogP contribution in [0.4, 0.5) is 0 Å². The first-order valence-electron chi connectivity index (χ1n) is 12.0. The predicted molar refractivity (Wildman–Crippen MR) is 137 cm³/mol. The van der Waals surface area contributed by atoms with Crippen molar-refractivity contribution in [2.24, 2.45) is 0 Å². The van der Waals surface area contributed by atoms with E-state index < -0.39 is 0 Å². The Kier molecular flexibility index (Phi) is 6.69. The van der Waals surface area contributed by atoms with Crippen LogP contribution < -0.4 is 14.8 Å². The summed E-state index contributed by atoms with van der Waals surface area (Å²) < 4.78 is 11.7. The maximum atomic E-state index is 12.5. The number of nitrogens with one attached hydrogen (secondary N) is 1. The average Bonchev–Trinajstić information content (AvgIpc) is 3.70. The van der Waals surface area contributed by atoms with Crippen LogP contribution in [-0.4, -0.2) is 24.2 Å². The Morgan fingerprint density at radius 2 is 1.83 bits per heavy atom. The van der Waals surface area contributed by atoms with Gasteiger partial charge in [-0.3, -0.25) is 4.79 Å². The van der Waals surface area contributed by atoms with Crippen molar-refractivity contribution in [3.8, 4) is 17.2 Å². The van der Waals surface area contributed by atoms with E-state index in [-0.39, 0.29) is 17.6 Å². The number of fused-ring (bicyclic) bond motifs is 1. The summed E-state index contributed by atoms with van der Waals surface area (Å²) in [6.45, 7) is 4.71. The molecule has 1 aliphatic heterocycles. The molecule has 0 bridgehead atoms. The number of hydrogen-bond donors (Lipinski definition) is 2. The Bertz CT molecular complexity index is 1230. The van der Waals surface area contributed by atoms with Gasteiger partial charge in [-0.2, -0.15) is 0 Å². The molecule has 35 heavy (non-hydrogen) atoms. The molecule has 2 N–H and O–H groups in total. The first-order chi connectivity index (χ1) is 17.0. The number of aliphatic hydroxyl groups is 1. The minimum Gasteiger partial charge on any atom is -0.512 e. The predicted octanol–water partition coefficient (Wildman–Crippen LogP) is 6.92. The second-order valence-electron chi connectivity index (χ2n) is 9.15. The van der Waals surface area contributed by atoms with Crippen LogP contribution in [0.2, 0.25) is 5.02 Å². The molecule has 1 fully saturated rings. The lowest BCUT2D eigenvalue weighted by Crippen LogP contribution is -2.25. The summed E-state index contributed by atoms with van der Waals surface area (Å²) in [5.41, 5.74) is 4.00. The smallest absolute Gasteiger partial charge is 0.251 e. The normalized spacial score (nSPS) is 16.7. The van der Waals surface area contributed by atoms with Crippen molar-refractivity contribution in [2.75, 3.05) is 13.2 Å². The van der Waals surface area contributed by atoms with Gasteiger partial charge in [0.1, 0.15) is 17.2 Å². The third kappa shape index (κ3) is 5.46. The Morgan fingerprint density at radius 1 is 1.09 bits per heavy atom. The summed E-state index contributed by atoms with van der Waals surface area (Å²) in [5, 5.41) is 13.3. The Balaban J connectivity index is 1.17. The van der Waals surface area contributed by atoms with Gasteiger partial charge in [0.2, 0.25) is 0 Å². The second-order valence-corrected chi connectivity index (χ2v) is 9.56. The monoisotopic (exact) mass is 489 g/mol. The first-order valence-corrected chi connectivity index (χ1v) is 12.3. The zero-order chi connectivity index (χ0) is 24.4. The molecule has 1 aliphatic carbocycles. The van der Waals surface area contributed by atoms with Crippen molar-refractivity contribution in [1.29, 1.82) is 0 Å². The van der Waals surface area contributed by atoms with Crippen LogP contribution in [0, 0.1) is 0 Å². The molecule has 0 saturated heterocycles. The summed E-state index contributed by atoms with van der Waals surface area (Å²) in [6.07, 6.45) is 4.04. The van der Waals surface area contributed by atoms with Gasteiger partial charge in [0.05, 0.1) is 17.4 Å². The molecule has 1 amide bonds. The van der Waals surface area contributed by atoms with Crippen LogP contribution >= 0.6 is 11.6 Å². The molecule has 3 aromatic carbocycles. The number of carbonyl (C=O) groups excluding carboxylic acids is 1. The van der Waals surface area contributed by atoms with Gasteiger partial charge < -0.3 is 19.9 Å². The van der Waals surface area contributed by atoms with E-state index >= 15 is 0 Å². The fourth-order valence-electron chi connectivity index (χ4n) is 4.41. The van der Waals surface area contributed by atoms with Crippen molar-refractivity contribution < 1.29 is 19.4 Å². The Hall–Kier alpha value is -3.44. The minimum atomic E-state index is -0.204. The zero-order valence-corrected chi connectivity index (χ0v) is 20.2. The molecule has 180 valence electrons. The molecule has 3 aromatic rings.